The van der Waals surface area contributed by atoms with Gasteiger partial charge in [-0.3, -0.25) is 9.59 Å². The fourth-order valence-electron chi connectivity index (χ4n) is 2.96. The summed E-state index contributed by atoms with van der Waals surface area (Å²) >= 11 is 0. The molecule has 1 fully saturated rings. The van der Waals surface area contributed by atoms with Crippen molar-refractivity contribution < 1.29 is 19.1 Å². The van der Waals surface area contributed by atoms with Crippen molar-refractivity contribution >= 4 is 11.9 Å². The molecule has 128 valence electrons. The predicted octanol–water partition coefficient (Wildman–Crippen LogP) is 4.40. The molecular weight excluding hydrogens is 280 g/mol. The minimum Gasteiger partial charge on any atom is -0.465 e. The first-order valence-corrected chi connectivity index (χ1v) is 9.02. The van der Waals surface area contributed by atoms with E-state index in [9.17, 15) is 9.59 Å². The van der Waals surface area contributed by atoms with Crippen LogP contribution in [0.15, 0.2) is 0 Å². The molecule has 0 aliphatic heterocycles. The van der Waals surface area contributed by atoms with E-state index in [1.165, 1.54) is 0 Å². The SMILES string of the molecule is CCCCCOC(=O)C1(C(=O)OCCCCC)CCCCC1. The molecule has 0 aromatic rings. The minimum atomic E-state index is -1.03. The van der Waals surface area contributed by atoms with Crippen molar-refractivity contribution in [2.45, 2.75) is 84.5 Å². The van der Waals surface area contributed by atoms with E-state index < -0.39 is 5.41 Å². The number of rotatable bonds is 10. The van der Waals surface area contributed by atoms with Gasteiger partial charge in [0.15, 0.2) is 5.41 Å². The first-order valence-electron chi connectivity index (χ1n) is 9.02. The number of carbonyl (C=O) groups excluding carboxylic acids is 2. The third-order valence-electron chi connectivity index (χ3n) is 4.45. The molecular formula is C18H32O4. The van der Waals surface area contributed by atoms with Crippen LogP contribution in [0.4, 0.5) is 0 Å². The van der Waals surface area contributed by atoms with Crippen LogP contribution in [0.25, 0.3) is 0 Å². The second kappa shape index (κ2) is 10.6. The summed E-state index contributed by atoms with van der Waals surface area (Å²) in [6, 6.07) is 0. The number of hydrogen-bond acceptors (Lipinski definition) is 4. The number of carbonyl (C=O) groups is 2. The summed E-state index contributed by atoms with van der Waals surface area (Å²) in [6.07, 6.45) is 10.0. The molecule has 0 atom stereocenters. The lowest BCUT2D eigenvalue weighted by Gasteiger charge is -2.32. The number of hydrogen-bond donors (Lipinski definition) is 0. The fraction of sp³-hybridized carbons (Fsp3) is 0.889. The molecule has 0 N–H and O–H groups in total. The van der Waals surface area contributed by atoms with Gasteiger partial charge in [0.05, 0.1) is 13.2 Å². The highest BCUT2D eigenvalue weighted by Gasteiger charge is 2.49. The summed E-state index contributed by atoms with van der Waals surface area (Å²) in [4.78, 5) is 25.0. The van der Waals surface area contributed by atoms with Crippen molar-refractivity contribution in [1.29, 1.82) is 0 Å². The number of ether oxygens (including phenoxy) is 2. The van der Waals surface area contributed by atoms with E-state index >= 15 is 0 Å². The van der Waals surface area contributed by atoms with Gasteiger partial charge in [-0.1, -0.05) is 58.8 Å². The highest BCUT2D eigenvalue weighted by molar-refractivity contribution is 6.00. The van der Waals surface area contributed by atoms with Crippen LogP contribution >= 0.6 is 0 Å². The molecule has 0 unspecified atom stereocenters. The molecule has 1 aliphatic carbocycles. The third-order valence-corrected chi connectivity index (χ3v) is 4.45. The Morgan fingerprint density at radius 1 is 0.773 bits per heavy atom. The molecule has 0 radical (unpaired) electrons. The zero-order chi connectivity index (χ0) is 16.3. The standard InChI is InChI=1S/C18H32O4/c1-3-5-10-14-21-16(19)18(12-8-7-9-13-18)17(20)22-15-11-6-4-2/h3-15H2,1-2H3. The number of esters is 2. The molecule has 0 saturated heterocycles. The molecule has 1 saturated carbocycles. The monoisotopic (exact) mass is 312 g/mol. The van der Waals surface area contributed by atoms with Gasteiger partial charge < -0.3 is 9.47 Å². The molecule has 1 rings (SSSR count). The van der Waals surface area contributed by atoms with Crippen LogP contribution in [-0.4, -0.2) is 25.2 Å². The Morgan fingerprint density at radius 3 is 1.64 bits per heavy atom. The first kappa shape index (κ1) is 19.0. The van der Waals surface area contributed by atoms with E-state index in [4.69, 9.17) is 9.47 Å². The largest absolute Gasteiger partial charge is 0.465 e. The third kappa shape index (κ3) is 5.62. The van der Waals surface area contributed by atoms with Crippen molar-refractivity contribution in [3.63, 3.8) is 0 Å². The van der Waals surface area contributed by atoms with Gasteiger partial charge in [-0.2, -0.15) is 0 Å². The van der Waals surface area contributed by atoms with Crippen molar-refractivity contribution in [3.8, 4) is 0 Å². The topological polar surface area (TPSA) is 52.6 Å². The quantitative estimate of drug-likeness (QED) is 0.341. The number of unbranched alkanes of at least 4 members (excludes halogenated alkanes) is 4. The molecule has 4 nitrogen and oxygen atoms in total. The van der Waals surface area contributed by atoms with Crippen molar-refractivity contribution in [3.05, 3.63) is 0 Å². The van der Waals surface area contributed by atoms with Crippen LogP contribution in [0.5, 0.6) is 0 Å². The molecule has 1 aliphatic rings. The average molecular weight is 312 g/mol. The lowest BCUT2D eigenvalue weighted by molar-refractivity contribution is -0.175. The van der Waals surface area contributed by atoms with E-state index in [1.807, 2.05) is 0 Å². The van der Waals surface area contributed by atoms with Gasteiger partial charge in [0.1, 0.15) is 0 Å². The van der Waals surface area contributed by atoms with Crippen molar-refractivity contribution in [1.82, 2.24) is 0 Å². The predicted molar refractivity (Wildman–Crippen MR) is 86.5 cm³/mol. The lowest BCUT2D eigenvalue weighted by Crippen LogP contribution is -2.43. The summed E-state index contributed by atoms with van der Waals surface area (Å²) in [5, 5.41) is 0. The maximum atomic E-state index is 12.5. The van der Waals surface area contributed by atoms with E-state index in [-0.39, 0.29) is 11.9 Å². The van der Waals surface area contributed by atoms with Gasteiger partial charge in [-0.05, 0) is 25.7 Å². The molecule has 0 heterocycles. The Hall–Kier alpha value is -1.06. The van der Waals surface area contributed by atoms with E-state index in [0.29, 0.717) is 26.1 Å². The van der Waals surface area contributed by atoms with Gasteiger partial charge in [-0.25, -0.2) is 0 Å². The normalized spacial score (nSPS) is 17.0. The molecule has 0 spiro atoms. The Morgan fingerprint density at radius 2 is 1.23 bits per heavy atom. The van der Waals surface area contributed by atoms with Crippen molar-refractivity contribution in [2.75, 3.05) is 13.2 Å². The highest BCUT2D eigenvalue weighted by Crippen LogP contribution is 2.39. The van der Waals surface area contributed by atoms with Gasteiger partial charge in [0, 0.05) is 0 Å². The van der Waals surface area contributed by atoms with Gasteiger partial charge >= 0.3 is 11.9 Å². The van der Waals surface area contributed by atoms with Crippen LogP contribution in [-0.2, 0) is 19.1 Å². The van der Waals surface area contributed by atoms with Gasteiger partial charge in [0.25, 0.3) is 0 Å². The van der Waals surface area contributed by atoms with Crippen LogP contribution < -0.4 is 0 Å². The maximum Gasteiger partial charge on any atom is 0.323 e. The van der Waals surface area contributed by atoms with Crippen LogP contribution in [0.1, 0.15) is 84.5 Å². The summed E-state index contributed by atoms with van der Waals surface area (Å²) < 4.78 is 10.8. The second-order valence-corrected chi connectivity index (χ2v) is 6.33. The molecule has 4 heteroatoms. The van der Waals surface area contributed by atoms with Crippen LogP contribution in [0, 0.1) is 5.41 Å². The molecule has 0 amide bonds. The molecule has 0 bridgehead atoms. The summed E-state index contributed by atoms with van der Waals surface area (Å²) in [6.45, 7) is 5.05. The van der Waals surface area contributed by atoms with Crippen molar-refractivity contribution in [2.24, 2.45) is 5.41 Å². The Bertz CT molecular complexity index is 306. The molecule has 0 aromatic carbocycles. The van der Waals surface area contributed by atoms with E-state index in [0.717, 1.165) is 57.8 Å². The summed E-state index contributed by atoms with van der Waals surface area (Å²) in [7, 11) is 0. The molecule has 0 aromatic heterocycles. The second-order valence-electron chi connectivity index (χ2n) is 6.33. The summed E-state index contributed by atoms with van der Waals surface area (Å²) in [5.74, 6) is -0.715. The zero-order valence-corrected chi connectivity index (χ0v) is 14.3. The first-order chi connectivity index (χ1) is 10.7. The van der Waals surface area contributed by atoms with E-state index in [1.54, 1.807) is 0 Å². The van der Waals surface area contributed by atoms with Crippen LogP contribution in [0.2, 0.25) is 0 Å². The average Bonchev–Trinajstić information content (AvgIpc) is 2.55. The Balaban J connectivity index is 2.56. The zero-order valence-electron chi connectivity index (χ0n) is 14.3. The lowest BCUT2D eigenvalue weighted by atomic mass is 9.74. The van der Waals surface area contributed by atoms with Crippen LogP contribution in [0.3, 0.4) is 0 Å². The van der Waals surface area contributed by atoms with E-state index in [2.05, 4.69) is 13.8 Å². The van der Waals surface area contributed by atoms with Gasteiger partial charge in [0.2, 0.25) is 0 Å². The minimum absolute atomic E-state index is 0.358. The van der Waals surface area contributed by atoms with Gasteiger partial charge in [-0.15, -0.1) is 0 Å². The fourth-order valence-corrected chi connectivity index (χ4v) is 2.96. The summed E-state index contributed by atoms with van der Waals surface area (Å²) in [5.41, 5.74) is -1.03. The highest BCUT2D eigenvalue weighted by atomic mass is 16.6. The Labute approximate surface area is 134 Å². The smallest absolute Gasteiger partial charge is 0.323 e. The maximum absolute atomic E-state index is 12.5. The molecule has 22 heavy (non-hydrogen) atoms. The Kier molecular flexibility index (Phi) is 9.17.